The summed E-state index contributed by atoms with van der Waals surface area (Å²) >= 11 is 7.09. The van der Waals surface area contributed by atoms with Gasteiger partial charge in [0.05, 0.1) is 11.7 Å². The maximum absolute atomic E-state index is 4.59. The standard InChI is InChI=1S/C17H20Br2N2/c1-2-10-20-16(9-8-13-6-4-3-5-7-13)17-15(19)11-14(18)12-21-17/h3-7,11-12,16,20H,2,8-10H2,1H3. The van der Waals surface area contributed by atoms with Gasteiger partial charge in [-0.2, -0.15) is 0 Å². The lowest BCUT2D eigenvalue weighted by Crippen LogP contribution is -2.24. The summed E-state index contributed by atoms with van der Waals surface area (Å²) in [4.78, 5) is 4.59. The molecule has 0 amide bonds. The van der Waals surface area contributed by atoms with Crippen molar-refractivity contribution < 1.29 is 0 Å². The monoisotopic (exact) mass is 410 g/mol. The van der Waals surface area contributed by atoms with Crippen LogP contribution in [-0.2, 0) is 6.42 Å². The smallest absolute Gasteiger partial charge is 0.0715 e. The van der Waals surface area contributed by atoms with E-state index in [1.807, 2.05) is 6.20 Å². The van der Waals surface area contributed by atoms with Crippen LogP contribution >= 0.6 is 31.9 Å². The molecule has 2 rings (SSSR count). The second-order valence-electron chi connectivity index (χ2n) is 5.05. The largest absolute Gasteiger partial charge is 0.309 e. The number of nitrogens with one attached hydrogen (secondary N) is 1. The molecule has 1 N–H and O–H groups in total. The van der Waals surface area contributed by atoms with Crippen LogP contribution in [0.2, 0.25) is 0 Å². The summed E-state index contributed by atoms with van der Waals surface area (Å²) < 4.78 is 2.05. The lowest BCUT2D eigenvalue weighted by Gasteiger charge is -2.19. The molecule has 21 heavy (non-hydrogen) atoms. The first-order valence-electron chi connectivity index (χ1n) is 7.29. The van der Waals surface area contributed by atoms with Crippen molar-refractivity contribution in [2.24, 2.45) is 0 Å². The van der Waals surface area contributed by atoms with Gasteiger partial charge in [-0.05, 0) is 69.3 Å². The molecule has 0 aliphatic carbocycles. The van der Waals surface area contributed by atoms with Crippen LogP contribution in [0.3, 0.4) is 0 Å². The van der Waals surface area contributed by atoms with Crippen molar-refractivity contribution in [3.63, 3.8) is 0 Å². The van der Waals surface area contributed by atoms with Crippen LogP contribution < -0.4 is 5.32 Å². The SMILES string of the molecule is CCCNC(CCc1ccccc1)c1ncc(Br)cc1Br. The van der Waals surface area contributed by atoms with Crippen LogP contribution in [0.5, 0.6) is 0 Å². The van der Waals surface area contributed by atoms with E-state index in [0.29, 0.717) is 0 Å². The molecule has 0 radical (unpaired) electrons. The topological polar surface area (TPSA) is 24.9 Å². The molecule has 1 aromatic heterocycles. The summed E-state index contributed by atoms with van der Waals surface area (Å²) in [5.41, 5.74) is 2.46. The molecule has 1 heterocycles. The highest BCUT2D eigenvalue weighted by Crippen LogP contribution is 2.27. The van der Waals surface area contributed by atoms with E-state index in [-0.39, 0.29) is 6.04 Å². The van der Waals surface area contributed by atoms with E-state index >= 15 is 0 Å². The first kappa shape index (κ1) is 16.7. The van der Waals surface area contributed by atoms with Crippen LogP contribution in [0.1, 0.15) is 37.1 Å². The number of hydrogen-bond acceptors (Lipinski definition) is 2. The molecule has 2 nitrogen and oxygen atoms in total. The second kappa shape index (κ2) is 8.66. The molecular weight excluding hydrogens is 392 g/mol. The number of benzene rings is 1. The van der Waals surface area contributed by atoms with Crippen LogP contribution in [0.4, 0.5) is 0 Å². The molecule has 1 unspecified atom stereocenters. The van der Waals surface area contributed by atoms with Gasteiger partial charge >= 0.3 is 0 Å². The van der Waals surface area contributed by atoms with Crippen molar-refractivity contribution in [3.8, 4) is 0 Å². The number of aryl methyl sites for hydroxylation is 1. The fourth-order valence-electron chi connectivity index (χ4n) is 2.29. The van der Waals surface area contributed by atoms with Crippen LogP contribution in [-0.4, -0.2) is 11.5 Å². The van der Waals surface area contributed by atoms with Gasteiger partial charge < -0.3 is 5.32 Å². The lowest BCUT2D eigenvalue weighted by atomic mass is 10.0. The van der Waals surface area contributed by atoms with E-state index in [9.17, 15) is 0 Å². The molecule has 112 valence electrons. The number of halogens is 2. The van der Waals surface area contributed by atoms with Gasteiger partial charge in [0.25, 0.3) is 0 Å². The maximum atomic E-state index is 4.59. The molecule has 0 saturated carbocycles. The van der Waals surface area contributed by atoms with E-state index in [1.165, 1.54) is 5.56 Å². The summed E-state index contributed by atoms with van der Waals surface area (Å²) in [5.74, 6) is 0. The van der Waals surface area contributed by atoms with E-state index in [4.69, 9.17) is 0 Å². The summed E-state index contributed by atoms with van der Waals surface area (Å²) in [5, 5.41) is 3.61. The Morgan fingerprint density at radius 3 is 2.62 bits per heavy atom. The van der Waals surface area contributed by atoms with Gasteiger partial charge in [0.2, 0.25) is 0 Å². The van der Waals surface area contributed by atoms with Gasteiger partial charge in [0.15, 0.2) is 0 Å². The van der Waals surface area contributed by atoms with Crippen molar-refractivity contribution >= 4 is 31.9 Å². The van der Waals surface area contributed by atoms with E-state index < -0.39 is 0 Å². The summed E-state index contributed by atoms with van der Waals surface area (Å²) in [6.07, 6.45) is 5.07. The summed E-state index contributed by atoms with van der Waals surface area (Å²) in [6, 6.07) is 12.9. The molecule has 2 aromatic rings. The van der Waals surface area contributed by atoms with Gasteiger partial charge in [0.1, 0.15) is 0 Å². The quantitative estimate of drug-likeness (QED) is 0.670. The number of rotatable bonds is 7. The Labute approximate surface area is 143 Å². The first-order chi connectivity index (χ1) is 10.2. The molecule has 0 fully saturated rings. The molecule has 0 aliphatic rings. The Hall–Kier alpha value is -0.710. The molecule has 0 aliphatic heterocycles. The first-order valence-corrected chi connectivity index (χ1v) is 8.87. The Balaban J connectivity index is 2.10. The van der Waals surface area contributed by atoms with Gasteiger partial charge in [-0.1, -0.05) is 37.3 Å². The van der Waals surface area contributed by atoms with Gasteiger partial charge in [-0.3, -0.25) is 4.98 Å². The predicted molar refractivity (Wildman–Crippen MR) is 95.4 cm³/mol. The molecule has 4 heteroatoms. The third-order valence-electron chi connectivity index (χ3n) is 3.37. The van der Waals surface area contributed by atoms with E-state index in [2.05, 4.69) is 85.5 Å². The Kier molecular flexibility index (Phi) is 6.87. The Bertz CT molecular complexity index is 558. The van der Waals surface area contributed by atoms with Crippen molar-refractivity contribution in [1.82, 2.24) is 10.3 Å². The number of pyridine rings is 1. The zero-order valence-electron chi connectivity index (χ0n) is 12.2. The highest BCUT2D eigenvalue weighted by atomic mass is 79.9. The highest BCUT2D eigenvalue weighted by molar-refractivity contribution is 9.11. The molecule has 0 spiro atoms. The van der Waals surface area contributed by atoms with Crippen molar-refractivity contribution in [2.45, 2.75) is 32.2 Å². The number of nitrogens with zero attached hydrogens (tertiary/aromatic N) is 1. The van der Waals surface area contributed by atoms with Crippen molar-refractivity contribution in [2.75, 3.05) is 6.54 Å². The third-order valence-corrected chi connectivity index (χ3v) is 4.44. The normalized spacial score (nSPS) is 12.3. The molecular formula is C17H20Br2N2. The second-order valence-corrected chi connectivity index (χ2v) is 6.82. The van der Waals surface area contributed by atoms with Crippen molar-refractivity contribution in [1.29, 1.82) is 0 Å². The van der Waals surface area contributed by atoms with Crippen LogP contribution in [0, 0.1) is 0 Å². The molecule has 1 aromatic carbocycles. The molecule has 0 saturated heterocycles. The minimum absolute atomic E-state index is 0.271. The van der Waals surface area contributed by atoms with Gasteiger partial charge in [-0.25, -0.2) is 0 Å². The minimum Gasteiger partial charge on any atom is -0.309 e. The van der Waals surface area contributed by atoms with Gasteiger partial charge in [-0.15, -0.1) is 0 Å². The predicted octanol–water partition coefficient (Wildman–Crippen LogP) is 5.28. The zero-order chi connectivity index (χ0) is 15.1. The lowest BCUT2D eigenvalue weighted by molar-refractivity contribution is 0.487. The Morgan fingerprint density at radius 1 is 1.19 bits per heavy atom. The zero-order valence-corrected chi connectivity index (χ0v) is 15.3. The maximum Gasteiger partial charge on any atom is 0.0715 e. The Morgan fingerprint density at radius 2 is 1.95 bits per heavy atom. The number of hydrogen-bond donors (Lipinski definition) is 1. The van der Waals surface area contributed by atoms with E-state index in [0.717, 1.165) is 40.4 Å². The summed E-state index contributed by atoms with van der Waals surface area (Å²) in [7, 11) is 0. The van der Waals surface area contributed by atoms with Crippen LogP contribution in [0.25, 0.3) is 0 Å². The fourth-order valence-corrected chi connectivity index (χ4v) is 3.56. The fraction of sp³-hybridized carbons (Fsp3) is 0.353. The average molecular weight is 412 g/mol. The van der Waals surface area contributed by atoms with Gasteiger partial charge in [0, 0.05) is 15.1 Å². The minimum atomic E-state index is 0.271. The third kappa shape index (κ3) is 5.20. The number of aromatic nitrogens is 1. The summed E-state index contributed by atoms with van der Waals surface area (Å²) in [6.45, 7) is 3.19. The molecule has 0 bridgehead atoms. The van der Waals surface area contributed by atoms with E-state index in [1.54, 1.807) is 0 Å². The highest BCUT2D eigenvalue weighted by Gasteiger charge is 2.15. The molecule has 1 atom stereocenters. The average Bonchev–Trinajstić information content (AvgIpc) is 2.49. The van der Waals surface area contributed by atoms with Crippen molar-refractivity contribution in [3.05, 3.63) is 62.8 Å². The van der Waals surface area contributed by atoms with Crippen LogP contribution in [0.15, 0.2) is 51.5 Å².